The molecular formula is C69H53B2N5S. The van der Waals surface area contributed by atoms with Crippen molar-refractivity contribution in [3.63, 3.8) is 0 Å². The predicted octanol–water partition coefficient (Wildman–Crippen LogP) is 13.8. The number of para-hydroxylation sites is 7. The van der Waals surface area contributed by atoms with Crippen LogP contribution in [0, 0.1) is 11.8 Å². The van der Waals surface area contributed by atoms with Gasteiger partial charge in [0.1, 0.15) is 0 Å². The third-order valence-electron chi connectivity index (χ3n) is 18.2. The highest BCUT2D eigenvalue weighted by Gasteiger charge is 2.50. The van der Waals surface area contributed by atoms with Crippen molar-refractivity contribution < 1.29 is 0 Å². The summed E-state index contributed by atoms with van der Waals surface area (Å²) in [7, 11) is 0. The van der Waals surface area contributed by atoms with E-state index in [1.165, 1.54) is 126 Å². The van der Waals surface area contributed by atoms with Gasteiger partial charge in [0.2, 0.25) is 6.71 Å². The molecule has 6 heterocycles. The first-order valence-electron chi connectivity index (χ1n) is 27.8. The Morgan fingerprint density at radius 1 is 0.325 bits per heavy atom. The Kier molecular flexibility index (Phi) is 9.74. The molecule has 8 aliphatic rings. The molecule has 77 heavy (non-hydrogen) atoms. The van der Waals surface area contributed by atoms with Gasteiger partial charge in [-0.2, -0.15) is 0 Å². The maximum absolute atomic E-state index is 2.91. The molecule has 0 N–H and O–H groups in total. The van der Waals surface area contributed by atoms with E-state index in [2.05, 4.69) is 261 Å². The van der Waals surface area contributed by atoms with Gasteiger partial charge in [0.25, 0.3) is 6.71 Å². The van der Waals surface area contributed by atoms with Gasteiger partial charge in [0, 0.05) is 95.8 Å². The van der Waals surface area contributed by atoms with Crippen molar-refractivity contribution in [1.82, 2.24) is 0 Å². The lowest BCUT2D eigenvalue weighted by atomic mass is 9.31. The SMILES string of the molecule is c1ccc(N(c2ccccc2)c2cc3c4c(c2)N(c2ccccc2)c2ccccc2B4c2cc4c(cc2S3)N(c2ccccc2)c2cc(N3C5CC6CC(C5)CC3C6)cc3c2B4c2ccccc2N3c2ccccc2)cc1. The van der Waals surface area contributed by atoms with Gasteiger partial charge in [-0.1, -0.05) is 151 Å². The monoisotopic (exact) mass is 1010 g/mol. The molecule has 8 heteroatoms. The van der Waals surface area contributed by atoms with E-state index in [0.29, 0.717) is 12.1 Å². The van der Waals surface area contributed by atoms with E-state index in [4.69, 9.17) is 0 Å². The molecule has 18 rings (SSSR count). The summed E-state index contributed by atoms with van der Waals surface area (Å²) < 4.78 is 0. The Bertz CT molecular complexity index is 3910. The summed E-state index contributed by atoms with van der Waals surface area (Å²) in [6, 6.07) is 90.3. The molecule has 366 valence electrons. The zero-order valence-electron chi connectivity index (χ0n) is 42.7. The number of fused-ring (bicyclic) bond motifs is 8. The molecule has 0 radical (unpaired) electrons. The molecule has 0 aromatic heterocycles. The highest BCUT2D eigenvalue weighted by Crippen LogP contribution is 2.54. The lowest BCUT2D eigenvalue weighted by Gasteiger charge is -2.58. The van der Waals surface area contributed by atoms with E-state index in [1.807, 2.05) is 11.8 Å². The lowest BCUT2D eigenvalue weighted by Crippen LogP contribution is -2.64. The third kappa shape index (κ3) is 6.64. The van der Waals surface area contributed by atoms with Gasteiger partial charge in [-0.3, -0.25) is 0 Å². The molecule has 0 unspecified atom stereocenters. The van der Waals surface area contributed by atoms with E-state index < -0.39 is 0 Å². The summed E-state index contributed by atoms with van der Waals surface area (Å²) in [6.45, 7) is -0.0105. The summed E-state index contributed by atoms with van der Waals surface area (Å²) in [5.74, 6) is 1.74. The minimum atomic E-state index is -0.00791. The number of rotatable bonds is 7. The van der Waals surface area contributed by atoms with Crippen LogP contribution in [0.4, 0.5) is 73.9 Å². The van der Waals surface area contributed by atoms with Crippen molar-refractivity contribution in [1.29, 1.82) is 0 Å². The zero-order chi connectivity index (χ0) is 50.3. The van der Waals surface area contributed by atoms with Gasteiger partial charge in [-0.05, 0) is 174 Å². The molecule has 0 atom stereocenters. The van der Waals surface area contributed by atoms with Crippen molar-refractivity contribution in [2.24, 2.45) is 11.8 Å². The summed E-state index contributed by atoms with van der Waals surface area (Å²) >= 11 is 1.95. The fourth-order valence-electron chi connectivity index (χ4n) is 15.5. The Balaban J connectivity index is 0.932. The van der Waals surface area contributed by atoms with Crippen molar-refractivity contribution in [2.75, 3.05) is 24.5 Å². The smallest absolute Gasteiger partial charge is 0.252 e. The van der Waals surface area contributed by atoms with Crippen LogP contribution >= 0.6 is 11.8 Å². The zero-order valence-corrected chi connectivity index (χ0v) is 43.5. The fourth-order valence-corrected chi connectivity index (χ4v) is 16.7. The Morgan fingerprint density at radius 3 is 1.29 bits per heavy atom. The molecule has 2 aliphatic carbocycles. The van der Waals surface area contributed by atoms with Gasteiger partial charge in [0.05, 0.1) is 0 Å². The van der Waals surface area contributed by atoms with Gasteiger partial charge < -0.3 is 24.5 Å². The van der Waals surface area contributed by atoms with Crippen molar-refractivity contribution in [3.8, 4) is 0 Å². The van der Waals surface area contributed by atoms with E-state index in [9.17, 15) is 0 Å². The third-order valence-corrected chi connectivity index (χ3v) is 19.4. The second-order valence-electron chi connectivity index (χ2n) is 22.5. The topological polar surface area (TPSA) is 16.2 Å². The van der Waals surface area contributed by atoms with Gasteiger partial charge >= 0.3 is 0 Å². The van der Waals surface area contributed by atoms with Crippen LogP contribution in [0.25, 0.3) is 0 Å². The van der Waals surface area contributed by atoms with Gasteiger partial charge in [-0.25, -0.2) is 0 Å². The summed E-state index contributed by atoms with van der Waals surface area (Å²) in [4.78, 5) is 15.7. The van der Waals surface area contributed by atoms with Crippen LogP contribution in [0.5, 0.6) is 0 Å². The lowest BCUT2D eigenvalue weighted by molar-refractivity contribution is 0.0900. The minimum Gasteiger partial charge on any atom is -0.365 e. The van der Waals surface area contributed by atoms with Crippen molar-refractivity contribution in [2.45, 2.75) is 54.0 Å². The highest BCUT2D eigenvalue weighted by atomic mass is 32.2. The van der Waals surface area contributed by atoms with Crippen LogP contribution in [-0.2, 0) is 0 Å². The van der Waals surface area contributed by atoms with Crippen LogP contribution in [-0.4, -0.2) is 25.5 Å². The first-order valence-corrected chi connectivity index (χ1v) is 28.6. The second-order valence-corrected chi connectivity index (χ2v) is 23.5. The van der Waals surface area contributed by atoms with Gasteiger partial charge in [0.15, 0.2) is 0 Å². The maximum Gasteiger partial charge on any atom is 0.252 e. The molecule has 10 aromatic rings. The van der Waals surface area contributed by atoms with Crippen LogP contribution in [0.1, 0.15) is 32.1 Å². The quantitative estimate of drug-likeness (QED) is 0.147. The van der Waals surface area contributed by atoms with Crippen molar-refractivity contribution >= 4 is 132 Å². The predicted molar refractivity (Wildman–Crippen MR) is 325 cm³/mol. The Hall–Kier alpha value is -8.32. The first kappa shape index (κ1) is 43.9. The number of benzene rings is 10. The summed E-state index contributed by atoms with van der Waals surface area (Å²) in [5.41, 5.74) is 24.0. The van der Waals surface area contributed by atoms with Gasteiger partial charge in [-0.15, -0.1) is 0 Å². The first-order chi connectivity index (χ1) is 38.2. The van der Waals surface area contributed by atoms with E-state index in [-0.39, 0.29) is 13.4 Å². The Labute approximate surface area is 456 Å². The number of nitrogens with zero attached hydrogens (tertiary/aromatic N) is 5. The van der Waals surface area contributed by atoms with E-state index in [0.717, 1.165) is 34.6 Å². The molecule has 0 amide bonds. The molecule has 5 nitrogen and oxygen atoms in total. The number of piperidine rings is 2. The molecular weight excluding hydrogens is 952 g/mol. The molecule has 2 saturated carbocycles. The fraction of sp³-hybridized carbons (Fsp3) is 0.130. The number of hydrogen-bond acceptors (Lipinski definition) is 6. The molecule has 4 fully saturated rings. The minimum absolute atomic E-state index is 0.00262. The molecule has 2 saturated heterocycles. The second kappa shape index (κ2) is 17.1. The highest BCUT2D eigenvalue weighted by molar-refractivity contribution is 8.00. The number of hydrogen-bond donors (Lipinski definition) is 0. The molecule has 0 spiro atoms. The normalized spacial score (nSPS) is 19.5. The van der Waals surface area contributed by atoms with Crippen molar-refractivity contribution in [3.05, 3.63) is 237 Å². The number of anilines is 13. The van der Waals surface area contributed by atoms with Crippen LogP contribution in [0.2, 0.25) is 0 Å². The maximum atomic E-state index is 2.91. The molecule has 10 aromatic carbocycles. The average molecular weight is 1010 g/mol. The van der Waals surface area contributed by atoms with Crippen LogP contribution in [0.3, 0.4) is 0 Å². The molecule has 6 aliphatic heterocycles. The van der Waals surface area contributed by atoms with E-state index in [1.54, 1.807) is 0 Å². The van der Waals surface area contributed by atoms with Crippen LogP contribution < -0.4 is 57.3 Å². The largest absolute Gasteiger partial charge is 0.365 e. The average Bonchev–Trinajstić information content (AvgIpc) is 3.62. The van der Waals surface area contributed by atoms with E-state index >= 15 is 0 Å². The summed E-state index contributed by atoms with van der Waals surface area (Å²) in [5, 5.41) is 0. The Morgan fingerprint density at radius 2 is 0.766 bits per heavy atom. The standard InChI is InChI=1S/C69H53B2N5S/c1-6-20-47(21-7-1)72(48-22-8-2-9-23-48)55-41-65-69-67(42-55)77-66-44-62-58(43-59(66)71(69)57-31-17-19-33-61(57)75(65)50-26-12-4-13-27-50)70-56-30-16-18-32-60(56)74(49-24-10-3-11-25-49)63-39-54(73-52-35-45-34-46(37-52)38-53(73)36-45)40-64(68(63)70)76(62)51-28-14-5-15-29-51/h1-33,39-46,52-53H,34-38H2. The van der Waals surface area contributed by atoms with Crippen LogP contribution in [0.15, 0.2) is 246 Å². The molecule has 4 bridgehead atoms. The summed E-state index contributed by atoms with van der Waals surface area (Å²) in [6.07, 6.45) is 6.69.